The fourth-order valence-corrected chi connectivity index (χ4v) is 1.16. The Morgan fingerprint density at radius 2 is 1.47 bits per heavy atom. The number of nitrogens with zero attached hydrogens (tertiary/aromatic N) is 1. The van der Waals surface area contributed by atoms with Crippen molar-refractivity contribution in [3.05, 3.63) is 35.4 Å². The van der Waals surface area contributed by atoms with Gasteiger partial charge in [0.25, 0.3) is 0 Å². The van der Waals surface area contributed by atoms with Crippen LogP contribution in [0.1, 0.15) is 45.7 Å². The normalized spacial score (nSPS) is 7.47. The average Bonchev–Trinajstić information content (AvgIpc) is 2.35. The molecule has 1 aromatic rings. The highest BCUT2D eigenvalue weighted by Gasteiger charge is 1.96. The molecular formula is C14H23N. The summed E-state index contributed by atoms with van der Waals surface area (Å²) >= 11 is 0. The second-order valence-corrected chi connectivity index (χ2v) is 2.46. The molecule has 0 N–H and O–H groups in total. The Bertz CT molecular complexity index is 271. The predicted molar refractivity (Wildman–Crippen MR) is 67.8 cm³/mol. The molecule has 0 aliphatic rings. The molecule has 0 saturated carbocycles. The molecule has 1 nitrogen and oxygen atoms in total. The number of benzene rings is 1. The van der Waals surface area contributed by atoms with Crippen LogP contribution < -0.4 is 0 Å². The van der Waals surface area contributed by atoms with E-state index in [0.29, 0.717) is 6.42 Å². The SMILES string of the molecule is CC.CC.CCc1ccccc1CC#N. The van der Waals surface area contributed by atoms with Crippen molar-refractivity contribution in [2.45, 2.75) is 47.5 Å². The van der Waals surface area contributed by atoms with E-state index in [2.05, 4.69) is 19.1 Å². The predicted octanol–water partition coefficient (Wildman–Crippen LogP) is 4.37. The van der Waals surface area contributed by atoms with Crippen molar-refractivity contribution in [3.8, 4) is 6.07 Å². The van der Waals surface area contributed by atoms with Gasteiger partial charge in [-0.3, -0.25) is 0 Å². The van der Waals surface area contributed by atoms with E-state index >= 15 is 0 Å². The maximum atomic E-state index is 8.49. The molecule has 0 fully saturated rings. The quantitative estimate of drug-likeness (QED) is 0.703. The lowest BCUT2D eigenvalue weighted by molar-refractivity contribution is 1.08. The number of hydrogen-bond donors (Lipinski definition) is 0. The van der Waals surface area contributed by atoms with E-state index in [4.69, 9.17) is 5.26 Å². The van der Waals surface area contributed by atoms with Gasteiger partial charge in [0.2, 0.25) is 0 Å². The first-order valence-corrected chi connectivity index (χ1v) is 5.82. The van der Waals surface area contributed by atoms with Crippen LogP contribution in [0.5, 0.6) is 0 Å². The van der Waals surface area contributed by atoms with Gasteiger partial charge in [0.1, 0.15) is 0 Å². The average molecular weight is 205 g/mol. The molecule has 0 spiro atoms. The van der Waals surface area contributed by atoms with E-state index in [-0.39, 0.29) is 0 Å². The molecule has 1 rings (SSSR count). The van der Waals surface area contributed by atoms with Gasteiger partial charge in [-0.25, -0.2) is 0 Å². The molecule has 84 valence electrons. The lowest BCUT2D eigenvalue weighted by atomic mass is 10.0. The van der Waals surface area contributed by atoms with Crippen LogP contribution in [0.25, 0.3) is 0 Å². The second kappa shape index (κ2) is 12.7. The molecule has 0 atom stereocenters. The van der Waals surface area contributed by atoms with Crippen molar-refractivity contribution >= 4 is 0 Å². The van der Waals surface area contributed by atoms with Gasteiger partial charge in [-0.05, 0) is 17.5 Å². The number of aryl methyl sites for hydroxylation is 1. The highest BCUT2D eigenvalue weighted by Crippen LogP contribution is 2.08. The zero-order valence-corrected chi connectivity index (χ0v) is 10.7. The number of nitriles is 1. The summed E-state index contributed by atoms with van der Waals surface area (Å²) in [6.07, 6.45) is 1.54. The first kappa shape index (κ1) is 16.2. The molecule has 0 bridgehead atoms. The Kier molecular flexibility index (Phi) is 13.7. The smallest absolute Gasteiger partial charge is 0.0669 e. The van der Waals surface area contributed by atoms with Crippen LogP contribution in [0.3, 0.4) is 0 Å². The summed E-state index contributed by atoms with van der Waals surface area (Å²) in [4.78, 5) is 0. The highest BCUT2D eigenvalue weighted by molar-refractivity contribution is 5.29. The third-order valence-corrected chi connectivity index (χ3v) is 1.77. The summed E-state index contributed by atoms with van der Waals surface area (Å²) in [5.41, 5.74) is 2.45. The number of hydrogen-bond acceptors (Lipinski definition) is 1. The van der Waals surface area contributed by atoms with E-state index in [0.717, 1.165) is 12.0 Å². The maximum absolute atomic E-state index is 8.49. The third kappa shape index (κ3) is 6.74. The van der Waals surface area contributed by atoms with E-state index in [1.807, 2.05) is 45.9 Å². The van der Waals surface area contributed by atoms with Gasteiger partial charge in [0, 0.05) is 0 Å². The lowest BCUT2D eigenvalue weighted by Gasteiger charge is -2.01. The van der Waals surface area contributed by atoms with Gasteiger partial charge in [-0.15, -0.1) is 0 Å². The minimum Gasteiger partial charge on any atom is -0.198 e. The lowest BCUT2D eigenvalue weighted by Crippen LogP contribution is -1.89. The van der Waals surface area contributed by atoms with Crippen molar-refractivity contribution in [2.24, 2.45) is 0 Å². The summed E-state index contributed by atoms with van der Waals surface area (Å²) in [6.45, 7) is 10.1. The zero-order valence-electron chi connectivity index (χ0n) is 10.7. The zero-order chi connectivity index (χ0) is 12.1. The maximum Gasteiger partial charge on any atom is 0.0669 e. The van der Waals surface area contributed by atoms with Crippen LogP contribution >= 0.6 is 0 Å². The van der Waals surface area contributed by atoms with Gasteiger partial charge in [0.15, 0.2) is 0 Å². The Morgan fingerprint density at radius 1 is 1.00 bits per heavy atom. The van der Waals surface area contributed by atoms with Crippen molar-refractivity contribution in [3.63, 3.8) is 0 Å². The fourth-order valence-electron chi connectivity index (χ4n) is 1.16. The first-order chi connectivity index (χ1) is 7.38. The minimum absolute atomic E-state index is 0.532. The first-order valence-electron chi connectivity index (χ1n) is 5.82. The van der Waals surface area contributed by atoms with Crippen molar-refractivity contribution < 1.29 is 0 Å². The molecular weight excluding hydrogens is 182 g/mol. The van der Waals surface area contributed by atoms with Gasteiger partial charge in [-0.2, -0.15) is 5.26 Å². The van der Waals surface area contributed by atoms with Gasteiger partial charge in [0.05, 0.1) is 12.5 Å². The highest BCUT2D eigenvalue weighted by atomic mass is 14.2. The van der Waals surface area contributed by atoms with Gasteiger partial charge >= 0.3 is 0 Å². The van der Waals surface area contributed by atoms with Crippen LogP contribution in [0.2, 0.25) is 0 Å². The van der Waals surface area contributed by atoms with Gasteiger partial charge in [-0.1, -0.05) is 58.9 Å². The molecule has 1 aromatic carbocycles. The second-order valence-electron chi connectivity index (χ2n) is 2.46. The van der Waals surface area contributed by atoms with Crippen LogP contribution in [0, 0.1) is 11.3 Å². The van der Waals surface area contributed by atoms with Crippen molar-refractivity contribution in [1.29, 1.82) is 5.26 Å². The molecule has 0 aromatic heterocycles. The Balaban J connectivity index is 0. The summed E-state index contributed by atoms with van der Waals surface area (Å²) in [5.74, 6) is 0. The van der Waals surface area contributed by atoms with Gasteiger partial charge < -0.3 is 0 Å². The van der Waals surface area contributed by atoms with E-state index in [1.165, 1.54) is 5.56 Å². The standard InChI is InChI=1S/C10H11N.2C2H6/c1-2-9-5-3-4-6-10(9)7-8-11;2*1-2/h3-6H,2,7H2,1H3;2*1-2H3. The largest absolute Gasteiger partial charge is 0.198 e. The molecule has 0 amide bonds. The Hall–Kier alpha value is -1.29. The molecule has 0 radical (unpaired) electrons. The summed E-state index contributed by atoms with van der Waals surface area (Å²) in [5, 5.41) is 8.49. The molecule has 0 aliphatic heterocycles. The van der Waals surface area contributed by atoms with Crippen molar-refractivity contribution in [2.75, 3.05) is 0 Å². The minimum atomic E-state index is 0.532. The van der Waals surface area contributed by atoms with Crippen molar-refractivity contribution in [1.82, 2.24) is 0 Å². The fraction of sp³-hybridized carbons (Fsp3) is 0.500. The summed E-state index contributed by atoms with van der Waals surface area (Å²) in [7, 11) is 0. The molecule has 0 heterocycles. The Morgan fingerprint density at radius 3 is 1.87 bits per heavy atom. The molecule has 0 unspecified atom stereocenters. The molecule has 0 saturated heterocycles. The monoisotopic (exact) mass is 205 g/mol. The van der Waals surface area contributed by atoms with E-state index in [9.17, 15) is 0 Å². The molecule has 0 aliphatic carbocycles. The summed E-state index contributed by atoms with van der Waals surface area (Å²) < 4.78 is 0. The third-order valence-electron chi connectivity index (χ3n) is 1.77. The number of rotatable bonds is 2. The van der Waals surface area contributed by atoms with Crippen LogP contribution in [-0.4, -0.2) is 0 Å². The van der Waals surface area contributed by atoms with Crippen LogP contribution in [-0.2, 0) is 12.8 Å². The van der Waals surface area contributed by atoms with Crippen LogP contribution in [0.4, 0.5) is 0 Å². The van der Waals surface area contributed by atoms with E-state index in [1.54, 1.807) is 0 Å². The van der Waals surface area contributed by atoms with Crippen LogP contribution in [0.15, 0.2) is 24.3 Å². The van der Waals surface area contributed by atoms with E-state index < -0.39 is 0 Å². The molecule has 15 heavy (non-hydrogen) atoms. The summed E-state index contributed by atoms with van der Waals surface area (Å²) in [6, 6.07) is 10.2. The topological polar surface area (TPSA) is 23.8 Å². The Labute approximate surface area is 94.8 Å². The molecule has 1 heteroatoms.